The van der Waals surface area contributed by atoms with Crippen LogP contribution < -0.4 is 5.32 Å². The second-order valence-electron chi connectivity index (χ2n) is 3.60. The third kappa shape index (κ3) is 3.46. The molecule has 13 heavy (non-hydrogen) atoms. The van der Waals surface area contributed by atoms with Crippen molar-refractivity contribution in [3.05, 3.63) is 12.0 Å². The van der Waals surface area contributed by atoms with E-state index in [9.17, 15) is 0 Å². The Morgan fingerprint density at radius 1 is 1.62 bits per heavy atom. The molecular weight excluding hydrogens is 166 g/mol. The zero-order chi connectivity index (χ0) is 9.84. The van der Waals surface area contributed by atoms with Gasteiger partial charge in [-0.25, -0.2) is 0 Å². The Kier molecular flexibility index (Phi) is 3.31. The number of aromatic nitrogens is 1. The fourth-order valence-electron chi connectivity index (χ4n) is 1.22. The maximum Gasteiger partial charge on any atom is 0.294 e. The van der Waals surface area contributed by atoms with E-state index in [2.05, 4.69) is 22.1 Å². The Morgan fingerprint density at radius 3 is 2.77 bits per heavy atom. The van der Waals surface area contributed by atoms with Crippen molar-refractivity contribution in [3.8, 4) is 0 Å². The Bertz CT molecular complexity index is 257. The summed E-state index contributed by atoms with van der Waals surface area (Å²) in [6, 6.07) is 0.944. The average Bonchev–Trinajstić information content (AvgIpc) is 2.33. The SMILES string of the molecule is Cc1coc(N[C@@H](C)CN(C)C)n1. The van der Waals surface area contributed by atoms with Crippen LogP contribution in [-0.2, 0) is 0 Å². The molecule has 0 saturated heterocycles. The highest BCUT2D eigenvalue weighted by Gasteiger charge is 2.06. The lowest BCUT2D eigenvalue weighted by molar-refractivity contribution is 0.388. The largest absolute Gasteiger partial charge is 0.432 e. The highest BCUT2D eigenvalue weighted by molar-refractivity contribution is 5.22. The second kappa shape index (κ2) is 4.28. The van der Waals surface area contributed by atoms with Gasteiger partial charge in [-0.15, -0.1) is 0 Å². The van der Waals surface area contributed by atoms with Crippen molar-refractivity contribution in [2.75, 3.05) is 26.0 Å². The minimum absolute atomic E-state index is 0.341. The van der Waals surface area contributed by atoms with Gasteiger partial charge in [0, 0.05) is 12.6 Å². The van der Waals surface area contributed by atoms with Gasteiger partial charge >= 0.3 is 0 Å². The summed E-state index contributed by atoms with van der Waals surface area (Å²) in [5.74, 6) is 0. The summed E-state index contributed by atoms with van der Waals surface area (Å²) in [5.41, 5.74) is 0.902. The molecule has 0 aliphatic rings. The molecule has 0 fully saturated rings. The molecule has 0 bridgehead atoms. The molecule has 1 heterocycles. The maximum atomic E-state index is 5.18. The summed E-state index contributed by atoms with van der Waals surface area (Å²) in [5, 5.41) is 3.17. The summed E-state index contributed by atoms with van der Waals surface area (Å²) < 4.78 is 5.18. The van der Waals surface area contributed by atoms with Gasteiger partial charge in [0.25, 0.3) is 6.01 Å². The molecule has 0 aliphatic carbocycles. The third-order valence-electron chi connectivity index (χ3n) is 1.63. The van der Waals surface area contributed by atoms with Gasteiger partial charge in [0.1, 0.15) is 6.26 Å². The molecule has 0 amide bonds. The molecule has 0 aromatic carbocycles. The van der Waals surface area contributed by atoms with Crippen molar-refractivity contribution in [3.63, 3.8) is 0 Å². The number of anilines is 1. The zero-order valence-electron chi connectivity index (χ0n) is 8.66. The number of rotatable bonds is 4. The number of likely N-dealkylation sites (N-methyl/N-ethyl adjacent to an activating group) is 1. The topological polar surface area (TPSA) is 41.3 Å². The molecule has 0 saturated carbocycles. The zero-order valence-corrected chi connectivity index (χ0v) is 8.66. The molecule has 0 radical (unpaired) electrons. The lowest BCUT2D eigenvalue weighted by atomic mass is 10.3. The minimum atomic E-state index is 0.341. The van der Waals surface area contributed by atoms with Gasteiger partial charge in [-0.1, -0.05) is 0 Å². The van der Waals surface area contributed by atoms with E-state index in [-0.39, 0.29) is 0 Å². The van der Waals surface area contributed by atoms with Gasteiger partial charge in [-0.2, -0.15) is 4.98 Å². The number of aryl methyl sites for hydroxylation is 1. The second-order valence-corrected chi connectivity index (χ2v) is 3.60. The van der Waals surface area contributed by atoms with Crippen LogP contribution in [0.1, 0.15) is 12.6 Å². The molecule has 1 N–H and O–H groups in total. The number of nitrogens with zero attached hydrogens (tertiary/aromatic N) is 2. The van der Waals surface area contributed by atoms with Crippen LogP contribution in [0.3, 0.4) is 0 Å². The summed E-state index contributed by atoms with van der Waals surface area (Å²) >= 11 is 0. The lowest BCUT2D eigenvalue weighted by Crippen LogP contribution is -2.29. The van der Waals surface area contributed by atoms with Crippen LogP contribution in [0.15, 0.2) is 10.7 Å². The molecule has 1 rings (SSSR count). The fraction of sp³-hybridized carbons (Fsp3) is 0.667. The normalized spacial score (nSPS) is 13.3. The summed E-state index contributed by atoms with van der Waals surface area (Å²) in [4.78, 5) is 6.28. The van der Waals surface area contributed by atoms with Crippen LogP contribution in [0.25, 0.3) is 0 Å². The van der Waals surface area contributed by atoms with Gasteiger partial charge in [-0.3, -0.25) is 0 Å². The molecule has 1 aromatic heterocycles. The van der Waals surface area contributed by atoms with Gasteiger partial charge in [0.15, 0.2) is 0 Å². The van der Waals surface area contributed by atoms with Gasteiger partial charge in [-0.05, 0) is 27.9 Å². The van der Waals surface area contributed by atoms with Crippen molar-refractivity contribution in [2.24, 2.45) is 0 Å². The van der Waals surface area contributed by atoms with E-state index < -0.39 is 0 Å². The van der Waals surface area contributed by atoms with Gasteiger partial charge in [0.05, 0.1) is 5.69 Å². The van der Waals surface area contributed by atoms with Crippen molar-refractivity contribution in [1.29, 1.82) is 0 Å². The highest BCUT2D eigenvalue weighted by Crippen LogP contribution is 2.07. The van der Waals surface area contributed by atoms with E-state index in [4.69, 9.17) is 4.42 Å². The van der Waals surface area contributed by atoms with Crippen LogP contribution in [0.5, 0.6) is 0 Å². The maximum absolute atomic E-state index is 5.18. The molecule has 4 nitrogen and oxygen atoms in total. The van der Waals surface area contributed by atoms with E-state index in [1.54, 1.807) is 6.26 Å². The first kappa shape index (κ1) is 10.1. The predicted octanol–water partition coefficient (Wildman–Crippen LogP) is 1.35. The Morgan fingerprint density at radius 2 is 2.31 bits per heavy atom. The van der Waals surface area contributed by atoms with E-state index >= 15 is 0 Å². The Labute approximate surface area is 78.9 Å². The lowest BCUT2D eigenvalue weighted by Gasteiger charge is -2.16. The molecule has 0 unspecified atom stereocenters. The van der Waals surface area contributed by atoms with E-state index in [0.717, 1.165) is 12.2 Å². The van der Waals surface area contributed by atoms with Crippen molar-refractivity contribution >= 4 is 6.01 Å². The van der Waals surface area contributed by atoms with Crippen molar-refractivity contribution in [2.45, 2.75) is 19.9 Å². The molecule has 1 aromatic rings. The third-order valence-corrected chi connectivity index (χ3v) is 1.63. The van der Waals surface area contributed by atoms with Crippen LogP contribution in [0, 0.1) is 6.92 Å². The molecule has 4 heteroatoms. The number of nitrogens with one attached hydrogen (secondary N) is 1. The van der Waals surface area contributed by atoms with E-state index in [1.807, 2.05) is 21.0 Å². The summed E-state index contributed by atoms with van der Waals surface area (Å²) in [6.07, 6.45) is 1.64. The van der Waals surface area contributed by atoms with Crippen LogP contribution in [-0.4, -0.2) is 36.6 Å². The number of oxazole rings is 1. The van der Waals surface area contributed by atoms with E-state index in [1.165, 1.54) is 0 Å². The fourth-order valence-corrected chi connectivity index (χ4v) is 1.22. The average molecular weight is 183 g/mol. The first-order valence-electron chi connectivity index (χ1n) is 4.41. The summed E-state index contributed by atoms with van der Waals surface area (Å²) in [7, 11) is 4.08. The van der Waals surface area contributed by atoms with Crippen molar-refractivity contribution < 1.29 is 4.42 Å². The molecular formula is C9H17N3O. The van der Waals surface area contributed by atoms with Crippen LogP contribution in [0.2, 0.25) is 0 Å². The monoisotopic (exact) mass is 183 g/mol. The molecule has 0 aliphatic heterocycles. The Hall–Kier alpha value is -1.03. The van der Waals surface area contributed by atoms with Crippen molar-refractivity contribution in [1.82, 2.24) is 9.88 Å². The molecule has 74 valence electrons. The Balaban J connectivity index is 2.40. The van der Waals surface area contributed by atoms with Crippen LogP contribution >= 0.6 is 0 Å². The summed E-state index contributed by atoms with van der Waals surface area (Å²) in [6.45, 7) is 4.96. The van der Waals surface area contributed by atoms with Crippen LogP contribution in [0.4, 0.5) is 6.01 Å². The first-order chi connectivity index (χ1) is 6.08. The standard InChI is InChI=1S/C9H17N3O/c1-7(5-12(3)4)10-9-11-8(2)6-13-9/h6-7H,5H2,1-4H3,(H,10,11)/t7-/m0/s1. The van der Waals surface area contributed by atoms with Gasteiger partial charge < -0.3 is 14.6 Å². The highest BCUT2D eigenvalue weighted by atomic mass is 16.4. The smallest absolute Gasteiger partial charge is 0.294 e. The number of hydrogen-bond donors (Lipinski definition) is 1. The minimum Gasteiger partial charge on any atom is -0.432 e. The molecule has 1 atom stereocenters. The quantitative estimate of drug-likeness (QED) is 0.765. The first-order valence-corrected chi connectivity index (χ1v) is 4.41. The van der Waals surface area contributed by atoms with E-state index in [0.29, 0.717) is 12.1 Å². The van der Waals surface area contributed by atoms with Gasteiger partial charge in [0.2, 0.25) is 0 Å². The predicted molar refractivity (Wildman–Crippen MR) is 52.9 cm³/mol. The molecule has 0 spiro atoms. The number of hydrogen-bond acceptors (Lipinski definition) is 4.